The van der Waals surface area contributed by atoms with Crippen molar-refractivity contribution in [2.75, 3.05) is 23.9 Å². The third-order valence-electron chi connectivity index (χ3n) is 3.07. The number of thioether (sulfide) groups is 1. The fourth-order valence-electron chi connectivity index (χ4n) is 1.93. The number of benzene rings is 1. The Balaban J connectivity index is 2.30. The molecule has 2 rings (SSSR count). The summed E-state index contributed by atoms with van der Waals surface area (Å²) in [6, 6.07) is 5.67. The average molecular weight is 278 g/mol. The van der Waals surface area contributed by atoms with Crippen LogP contribution in [0.4, 0.5) is 11.5 Å². The molecule has 0 amide bonds. The normalized spacial score (nSPS) is 14.3. The minimum atomic E-state index is 0.107. The van der Waals surface area contributed by atoms with Crippen LogP contribution in [0.15, 0.2) is 24.5 Å². The van der Waals surface area contributed by atoms with E-state index in [1.54, 1.807) is 11.8 Å². The van der Waals surface area contributed by atoms with Gasteiger partial charge in [-0.1, -0.05) is 0 Å². The minimum absolute atomic E-state index is 0.107. The van der Waals surface area contributed by atoms with Crippen molar-refractivity contribution in [3.8, 4) is 0 Å². The summed E-state index contributed by atoms with van der Waals surface area (Å²) < 4.78 is 0. The molecule has 2 aromatic rings. The number of nitrogens with zero attached hydrogens (tertiary/aromatic N) is 2. The van der Waals surface area contributed by atoms with Gasteiger partial charge in [-0.2, -0.15) is 11.8 Å². The number of aromatic nitrogens is 2. The molecule has 0 fully saturated rings. The number of rotatable bonds is 5. The summed E-state index contributed by atoms with van der Waals surface area (Å²) >= 11 is 1.63. The van der Waals surface area contributed by atoms with Gasteiger partial charge in [0.05, 0.1) is 12.1 Å². The van der Waals surface area contributed by atoms with Crippen LogP contribution in [0.1, 0.15) is 6.92 Å². The van der Waals surface area contributed by atoms with Crippen LogP contribution in [0.3, 0.4) is 0 Å². The van der Waals surface area contributed by atoms with Crippen molar-refractivity contribution >= 4 is 34.2 Å². The Morgan fingerprint density at radius 2 is 2.21 bits per heavy atom. The molecule has 0 spiro atoms. The first-order chi connectivity index (χ1) is 9.15. The van der Waals surface area contributed by atoms with Crippen LogP contribution in [-0.2, 0) is 0 Å². The van der Waals surface area contributed by atoms with Gasteiger partial charge >= 0.3 is 0 Å². The van der Waals surface area contributed by atoms with E-state index in [1.165, 1.54) is 6.33 Å². The summed E-state index contributed by atoms with van der Waals surface area (Å²) in [7, 11) is 0. The largest absolute Gasteiger partial charge is 0.399 e. The first-order valence-electron chi connectivity index (χ1n) is 6.06. The average Bonchev–Trinajstić information content (AvgIpc) is 2.40. The van der Waals surface area contributed by atoms with E-state index in [4.69, 9.17) is 5.73 Å². The predicted molar refractivity (Wildman–Crippen MR) is 81.4 cm³/mol. The molecule has 0 aliphatic heterocycles. The SMILES string of the molecule is CSC(CO)C(C)Nc1ncnc2cc(N)ccc12. The zero-order valence-electron chi connectivity index (χ0n) is 11.0. The summed E-state index contributed by atoms with van der Waals surface area (Å²) in [5, 5.41) is 13.7. The van der Waals surface area contributed by atoms with Gasteiger partial charge in [-0.05, 0) is 31.4 Å². The number of aliphatic hydroxyl groups excluding tert-OH is 1. The van der Waals surface area contributed by atoms with Crippen molar-refractivity contribution < 1.29 is 5.11 Å². The van der Waals surface area contributed by atoms with E-state index in [-0.39, 0.29) is 17.9 Å². The van der Waals surface area contributed by atoms with Crippen molar-refractivity contribution in [3.63, 3.8) is 0 Å². The summed E-state index contributed by atoms with van der Waals surface area (Å²) in [6.45, 7) is 2.16. The first-order valence-corrected chi connectivity index (χ1v) is 7.35. The summed E-state index contributed by atoms with van der Waals surface area (Å²) in [5.74, 6) is 0.769. The number of nitrogen functional groups attached to an aromatic ring is 1. The number of nitrogens with two attached hydrogens (primary N) is 1. The Hall–Kier alpha value is -1.53. The lowest BCUT2D eigenvalue weighted by atomic mass is 10.2. The second-order valence-electron chi connectivity index (χ2n) is 4.39. The van der Waals surface area contributed by atoms with Crippen LogP contribution in [0.2, 0.25) is 0 Å². The molecule has 2 atom stereocenters. The lowest BCUT2D eigenvalue weighted by molar-refractivity contribution is 0.288. The molecule has 0 bridgehead atoms. The van der Waals surface area contributed by atoms with Gasteiger partial charge in [0.2, 0.25) is 0 Å². The molecule has 0 saturated carbocycles. The van der Waals surface area contributed by atoms with Crippen molar-refractivity contribution in [2.24, 2.45) is 0 Å². The fraction of sp³-hybridized carbons (Fsp3) is 0.385. The maximum absolute atomic E-state index is 9.31. The molecular weight excluding hydrogens is 260 g/mol. The zero-order valence-corrected chi connectivity index (χ0v) is 11.8. The second-order valence-corrected chi connectivity index (χ2v) is 5.47. The fourth-order valence-corrected chi connectivity index (χ4v) is 2.56. The second kappa shape index (κ2) is 6.08. The molecule has 1 aromatic heterocycles. The molecule has 2 unspecified atom stereocenters. The molecule has 0 radical (unpaired) electrons. The Bertz CT molecular complexity index is 559. The van der Waals surface area contributed by atoms with E-state index >= 15 is 0 Å². The Morgan fingerprint density at radius 1 is 1.42 bits per heavy atom. The molecule has 1 heterocycles. The van der Waals surface area contributed by atoms with Crippen molar-refractivity contribution in [3.05, 3.63) is 24.5 Å². The molecular formula is C13H18N4OS. The van der Waals surface area contributed by atoms with Crippen LogP contribution in [-0.4, -0.2) is 39.2 Å². The molecule has 19 heavy (non-hydrogen) atoms. The van der Waals surface area contributed by atoms with E-state index in [9.17, 15) is 5.11 Å². The minimum Gasteiger partial charge on any atom is -0.399 e. The smallest absolute Gasteiger partial charge is 0.137 e. The molecule has 5 nitrogen and oxygen atoms in total. The number of hydrogen-bond donors (Lipinski definition) is 3. The van der Waals surface area contributed by atoms with Crippen LogP contribution in [0.25, 0.3) is 10.9 Å². The number of aliphatic hydroxyl groups is 1. The van der Waals surface area contributed by atoms with Crippen molar-refractivity contribution in [1.29, 1.82) is 0 Å². The maximum Gasteiger partial charge on any atom is 0.137 e. The third-order valence-corrected chi connectivity index (χ3v) is 4.23. The third kappa shape index (κ3) is 3.08. The quantitative estimate of drug-likeness (QED) is 0.722. The van der Waals surface area contributed by atoms with Crippen LogP contribution >= 0.6 is 11.8 Å². The molecule has 102 valence electrons. The molecule has 0 saturated heterocycles. The molecule has 0 aliphatic rings. The molecule has 1 aromatic carbocycles. The Morgan fingerprint density at radius 3 is 2.89 bits per heavy atom. The van der Waals surface area contributed by atoms with Crippen LogP contribution in [0, 0.1) is 0 Å². The van der Waals surface area contributed by atoms with Gasteiger partial charge in [0.15, 0.2) is 0 Å². The highest BCUT2D eigenvalue weighted by molar-refractivity contribution is 7.99. The van der Waals surface area contributed by atoms with Gasteiger partial charge < -0.3 is 16.2 Å². The van der Waals surface area contributed by atoms with E-state index in [1.807, 2.05) is 31.4 Å². The first kappa shape index (κ1) is 13.9. The van der Waals surface area contributed by atoms with Crippen LogP contribution in [0.5, 0.6) is 0 Å². The van der Waals surface area contributed by atoms with Crippen molar-refractivity contribution in [2.45, 2.75) is 18.2 Å². The zero-order chi connectivity index (χ0) is 13.8. The van der Waals surface area contributed by atoms with E-state index in [0.29, 0.717) is 5.69 Å². The van der Waals surface area contributed by atoms with Gasteiger partial charge in [0, 0.05) is 22.4 Å². The summed E-state index contributed by atoms with van der Waals surface area (Å²) in [4.78, 5) is 8.48. The number of fused-ring (bicyclic) bond motifs is 1. The molecule has 6 heteroatoms. The summed E-state index contributed by atoms with van der Waals surface area (Å²) in [6.07, 6.45) is 3.50. The monoisotopic (exact) mass is 278 g/mol. The van der Waals surface area contributed by atoms with Gasteiger partial charge in [-0.25, -0.2) is 9.97 Å². The lowest BCUT2D eigenvalue weighted by Gasteiger charge is -2.22. The van der Waals surface area contributed by atoms with E-state index < -0.39 is 0 Å². The Kier molecular flexibility index (Phi) is 4.44. The van der Waals surface area contributed by atoms with Crippen molar-refractivity contribution in [1.82, 2.24) is 9.97 Å². The highest BCUT2D eigenvalue weighted by Crippen LogP contribution is 2.23. The van der Waals surface area contributed by atoms with Gasteiger partial charge in [-0.3, -0.25) is 0 Å². The predicted octanol–water partition coefficient (Wildman–Crippen LogP) is 1.74. The lowest BCUT2D eigenvalue weighted by Crippen LogP contribution is -2.31. The molecule has 0 aliphatic carbocycles. The molecule has 4 N–H and O–H groups in total. The Labute approximate surface area is 116 Å². The van der Waals surface area contributed by atoms with Gasteiger partial charge in [-0.15, -0.1) is 0 Å². The highest BCUT2D eigenvalue weighted by Gasteiger charge is 2.16. The topological polar surface area (TPSA) is 84.1 Å². The number of anilines is 2. The van der Waals surface area contributed by atoms with Crippen LogP contribution < -0.4 is 11.1 Å². The maximum atomic E-state index is 9.31. The number of hydrogen-bond acceptors (Lipinski definition) is 6. The highest BCUT2D eigenvalue weighted by atomic mass is 32.2. The van der Waals surface area contributed by atoms with Gasteiger partial charge in [0.1, 0.15) is 12.1 Å². The standard InChI is InChI=1S/C13H18N4OS/c1-8(12(6-18)19-2)17-13-10-4-3-9(14)5-11(10)15-7-16-13/h3-5,7-8,12,18H,6,14H2,1-2H3,(H,15,16,17). The van der Waals surface area contributed by atoms with Gasteiger partial charge in [0.25, 0.3) is 0 Å². The summed E-state index contributed by atoms with van der Waals surface area (Å²) in [5.41, 5.74) is 7.25. The van der Waals surface area contributed by atoms with E-state index in [0.717, 1.165) is 16.7 Å². The van der Waals surface area contributed by atoms with E-state index in [2.05, 4.69) is 15.3 Å². The number of nitrogens with one attached hydrogen (secondary N) is 1.